The number of esters is 1. The first-order chi connectivity index (χ1) is 11.5. The van der Waals surface area contributed by atoms with E-state index in [0.717, 1.165) is 55.1 Å². The maximum absolute atomic E-state index is 11.5. The molecule has 1 aromatic rings. The van der Waals surface area contributed by atoms with Crippen LogP contribution in [-0.2, 0) is 16.1 Å². The van der Waals surface area contributed by atoms with Gasteiger partial charge in [0.15, 0.2) is 0 Å². The lowest BCUT2D eigenvalue weighted by Crippen LogP contribution is -2.33. The first-order valence-corrected chi connectivity index (χ1v) is 9.06. The van der Waals surface area contributed by atoms with Gasteiger partial charge < -0.3 is 10.5 Å². The Morgan fingerprint density at radius 2 is 2.12 bits per heavy atom. The molecule has 0 aliphatic carbocycles. The number of ether oxygens (including phenoxy) is 1. The van der Waals surface area contributed by atoms with Gasteiger partial charge in [0.25, 0.3) is 0 Å². The number of nitrogens with zero attached hydrogens (tertiary/aromatic N) is 1. The lowest BCUT2D eigenvalue weighted by Gasteiger charge is -2.32. The maximum Gasteiger partial charge on any atom is 0.330 e. The molecular formula is C19H28N2O2S. The number of nitrogen functional groups attached to an aromatic ring is 1. The number of carbonyl (C=O) groups excluding carboxylic acids is 1. The number of carbonyl (C=O) groups is 1. The Morgan fingerprint density at radius 3 is 2.75 bits per heavy atom. The molecule has 0 amide bonds. The zero-order chi connectivity index (χ0) is 17.5. The smallest absolute Gasteiger partial charge is 0.330 e. The number of hydrogen-bond donors (Lipinski definition) is 2. The highest BCUT2D eigenvalue weighted by Crippen LogP contribution is 2.26. The van der Waals surface area contributed by atoms with E-state index in [1.54, 1.807) is 6.08 Å². The first-order valence-electron chi connectivity index (χ1n) is 8.61. The molecule has 0 unspecified atom stereocenters. The van der Waals surface area contributed by atoms with Crippen molar-refractivity contribution in [1.29, 1.82) is 0 Å². The second-order valence-electron chi connectivity index (χ2n) is 6.56. The minimum absolute atomic E-state index is 0.224. The van der Waals surface area contributed by atoms with Crippen LogP contribution in [0.25, 0.3) is 0 Å². The molecule has 24 heavy (non-hydrogen) atoms. The van der Waals surface area contributed by atoms with Gasteiger partial charge in [-0.2, -0.15) is 0 Å². The number of piperidine rings is 1. The van der Waals surface area contributed by atoms with Gasteiger partial charge in [0.1, 0.15) is 0 Å². The zero-order valence-corrected chi connectivity index (χ0v) is 15.5. The summed E-state index contributed by atoms with van der Waals surface area (Å²) in [4.78, 5) is 14.8. The molecular weight excluding hydrogens is 320 g/mol. The first kappa shape index (κ1) is 18.9. The number of allylic oxidation sites excluding steroid dienone is 1. The fourth-order valence-corrected chi connectivity index (χ4v) is 3.35. The number of hydrogen-bond acceptors (Lipinski definition) is 5. The monoisotopic (exact) mass is 348 g/mol. The molecule has 1 heterocycles. The van der Waals surface area contributed by atoms with Crippen LogP contribution in [0.1, 0.15) is 38.7 Å². The summed E-state index contributed by atoms with van der Waals surface area (Å²) >= 11 is 4.31. The summed E-state index contributed by atoms with van der Waals surface area (Å²) in [6, 6.07) is 6.07. The second kappa shape index (κ2) is 9.14. The van der Waals surface area contributed by atoms with Crippen molar-refractivity contribution < 1.29 is 9.53 Å². The van der Waals surface area contributed by atoms with Crippen molar-refractivity contribution in [3.05, 3.63) is 35.4 Å². The molecule has 0 spiro atoms. The van der Waals surface area contributed by atoms with Gasteiger partial charge in [0.05, 0.1) is 6.61 Å². The minimum atomic E-state index is -0.224. The van der Waals surface area contributed by atoms with Crippen LogP contribution in [-0.4, -0.2) is 30.6 Å². The van der Waals surface area contributed by atoms with Gasteiger partial charge in [0, 0.05) is 23.2 Å². The molecule has 0 saturated carbocycles. The molecule has 132 valence electrons. The third-order valence-electron chi connectivity index (χ3n) is 4.47. The van der Waals surface area contributed by atoms with E-state index < -0.39 is 0 Å². The summed E-state index contributed by atoms with van der Waals surface area (Å²) in [5, 5.41) is 0. The molecule has 2 rings (SSSR count). The van der Waals surface area contributed by atoms with E-state index in [1.807, 2.05) is 26.0 Å². The van der Waals surface area contributed by atoms with E-state index in [1.165, 1.54) is 5.56 Å². The SMILES string of the molecule is CCOC(=O)/C=C(\C)CC1CCN(Cc2ccc(S)c(N)c2)CC1. The lowest BCUT2D eigenvalue weighted by atomic mass is 9.90. The topological polar surface area (TPSA) is 55.6 Å². The van der Waals surface area contributed by atoms with Crippen molar-refractivity contribution in [2.75, 3.05) is 25.4 Å². The molecule has 1 aliphatic rings. The minimum Gasteiger partial charge on any atom is -0.463 e. The van der Waals surface area contributed by atoms with Crippen LogP contribution in [0.3, 0.4) is 0 Å². The summed E-state index contributed by atoms with van der Waals surface area (Å²) in [5.74, 6) is 0.425. The van der Waals surface area contributed by atoms with Crippen LogP contribution < -0.4 is 5.73 Å². The third-order valence-corrected chi connectivity index (χ3v) is 4.87. The number of nitrogens with two attached hydrogens (primary N) is 1. The Hall–Kier alpha value is -1.46. The Bertz CT molecular complexity index is 593. The van der Waals surface area contributed by atoms with Gasteiger partial charge >= 0.3 is 5.97 Å². The molecule has 0 bridgehead atoms. The normalized spacial score (nSPS) is 17.0. The van der Waals surface area contributed by atoms with Crippen LogP contribution >= 0.6 is 12.6 Å². The Labute approximate surface area is 150 Å². The third kappa shape index (κ3) is 5.87. The highest BCUT2D eigenvalue weighted by molar-refractivity contribution is 7.80. The summed E-state index contributed by atoms with van der Waals surface area (Å²) in [7, 11) is 0. The van der Waals surface area contributed by atoms with Crippen LogP contribution in [0.2, 0.25) is 0 Å². The fourth-order valence-electron chi connectivity index (χ4n) is 3.21. The number of anilines is 1. The average Bonchev–Trinajstić information content (AvgIpc) is 2.53. The van der Waals surface area contributed by atoms with E-state index in [0.29, 0.717) is 12.5 Å². The van der Waals surface area contributed by atoms with E-state index in [4.69, 9.17) is 10.5 Å². The van der Waals surface area contributed by atoms with Gasteiger partial charge in [-0.05, 0) is 69.8 Å². The van der Waals surface area contributed by atoms with Crippen molar-refractivity contribution in [2.24, 2.45) is 5.92 Å². The van der Waals surface area contributed by atoms with E-state index >= 15 is 0 Å². The van der Waals surface area contributed by atoms with Crippen LogP contribution in [0.5, 0.6) is 0 Å². The van der Waals surface area contributed by atoms with Crippen molar-refractivity contribution in [1.82, 2.24) is 4.90 Å². The Balaban J connectivity index is 1.78. The summed E-state index contributed by atoms with van der Waals surface area (Å²) in [5.41, 5.74) is 9.02. The predicted molar refractivity (Wildman–Crippen MR) is 101 cm³/mol. The average molecular weight is 349 g/mol. The Morgan fingerprint density at radius 1 is 1.42 bits per heavy atom. The molecule has 0 atom stereocenters. The molecule has 1 fully saturated rings. The highest BCUT2D eigenvalue weighted by Gasteiger charge is 2.19. The van der Waals surface area contributed by atoms with Gasteiger partial charge in [-0.25, -0.2) is 4.79 Å². The van der Waals surface area contributed by atoms with Crippen molar-refractivity contribution in [3.8, 4) is 0 Å². The van der Waals surface area contributed by atoms with Crippen molar-refractivity contribution in [3.63, 3.8) is 0 Å². The molecule has 0 aromatic heterocycles. The second-order valence-corrected chi connectivity index (χ2v) is 7.04. The van der Waals surface area contributed by atoms with E-state index in [9.17, 15) is 4.79 Å². The quantitative estimate of drug-likeness (QED) is 0.356. The number of likely N-dealkylation sites (tertiary alicyclic amines) is 1. The van der Waals surface area contributed by atoms with Crippen molar-refractivity contribution >= 4 is 24.3 Å². The van der Waals surface area contributed by atoms with Gasteiger partial charge in [-0.1, -0.05) is 11.6 Å². The molecule has 1 aliphatic heterocycles. The van der Waals surface area contributed by atoms with Crippen LogP contribution in [0.4, 0.5) is 5.69 Å². The standard InChI is InChI=1S/C19H28N2O2S/c1-3-23-19(22)11-14(2)10-15-6-8-21(9-7-15)13-16-4-5-18(24)17(20)12-16/h4-5,11-12,15,24H,3,6-10,13,20H2,1-2H3/b14-11+. The largest absolute Gasteiger partial charge is 0.463 e. The number of benzene rings is 1. The Kier molecular flexibility index (Phi) is 7.18. The van der Waals surface area contributed by atoms with E-state index in [-0.39, 0.29) is 5.97 Å². The number of rotatable bonds is 6. The lowest BCUT2D eigenvalue weighted by molar-refractivity contribution is -0.137. The van der Waals surface area contributed by atoms with Gasteiger partial charge in [-0.15, -0.1) is 12.6 Å². The molecule has 1 saturated heterocycles. The van der Waals surface area contributed by atoms with Crippen molar-refractivity contribution in [2.45, 2.75) is 44.6 Å². The molecule has 2 N–H and O–H groups in total. The molecule has 4 nitrogen and oxygen atoms in total. The number of thiol groups is 1. The predicted octanol–water partition coefficient (Wildman–Crippen LogP) is 3.67. The summed E-state index contributed by atoms with van der Waals surface area (Å²) in [6.45, 7) is 7.38. The van der Waals surface area contributed by atoms with Gasteiger partial charge in [0.2, 0.25) is 0 Å². The van der Waals surface area contributed by atoms with Gasteiger partial charge in [-0.3, -0.25) is 4.90 Å². The summed E-state index contributed by atoms with van der Waals surface area (Å²) in [6.07, 6.45) is 4.94. The maximum atomic E-state index is 11.5. The molecule has 1 aromatic carbocycles. The fraction of sp³-hybridized carbons (Fsp3) is 0.526. The van der Waals surface area contributed by atoms with Crippen LogP contribution in [0, 0.1) is 5.92 Å². The van der Waals surface area contributed by atoms with E-state index in [2.05, 4.69) is 23.6 Å². The van der Waals surface area contributed by atoms with Crippen LogP contribution in [0.15, 0.2) is 34.7 Å². The molecule has 0 radical (unpaired) electrons. The highest BCUT2D eigenvalue weighted by atomic mass is 32.1. The zero-order valence-electron chi connectivity index (χ0n) is 14.6. The summed E-state index contributed by atoms with van der Waals surface area (Å²) < 4.78 is 4.96. The molecule has 5 heteroatoms.